The van der Waals surface area contributed by atoms with Gasteiger partial charge in [-0.3, -0.25) is 4.79 Å². The fraction of sp³-hybridized carbons (Fsp3) is 0. The maximum atomic E-state index is 12.1. The predicted octanol–water partition coefficient (Wildman–Crippen LogP) is 3.73. The Labute approximate surface area is 96.1 Å². The van der Waals surface area contributed by atoms with Gasteiger partial charge in [-0.2, -0.15) is 0 Å². The molecule has 0 radical (unpaired) electrons. The SMILES string of the molecule is O=C(c1cccs1)c1coc2ccccc12. The van der Waals surface area contributed by atoms with E-state index >= 15 is 0 Å². The minimum Gasteiger partial charge on any atom is -0.464 e. The Morgan fingerprint density at radius 2 is 2.00 bits per heavy atom. The van der Waals surface area contributed by atoms with Crippen molar-refractivity contribution in [1.82, 2.24) is 0 Å². The zero-order valence-electron chi connectivity index (χ0n) is 8.34. The second-order valence-electron chi connectivity index (χ2n) is 3.45. The Morgan fingerprint density at radius 3 is 2.81 bits per heavy atom. The highest BCUT2D eigenvalue weighted by atomic mass is 32.1. The summed E-state index contributed by atoms with van der Waals surface area (Å²) in [6, 6.07) is 11.3. The van der Waals surface area contributed by atoms with Crippen molar-refractivity contribution in [2.24, 2.45) is 0 Å². The lowest BCUT2D eigenvalue weighted by Crippen LogP contribution is -1.96. The maximum absolute atomic E-state index is 12.1. The molecule has 78 valence electrons. The molecule has 3 heteroatoms. The molecule has 1 aromatic carbocycles. The van der Waals surface area contributed by atoms with Crippen molar-refractivity contribution in [2.45, 2.75) is 0 Å². The molecule has 3 aromatic rings. The van der Waals surface area contributed by atoms with E-state index in [2.05, 4.69) is 0 Å². The summed E-state index contributed by atoms with van der Waals surface area (Å²) in [7, 11) is 0. The topological polar surface area (TPSA) is 30.2 Å². The summed E-state index contributed by atoms with van der Waals surface area (Å²) >= 11 is 1.45. The molecule has 0 aliphatic heterocycles. The number of rotatable bonds is 2. The Hall–Kier alpha value is -1.87. The van der Waals surface area contributed by atoms with Gasteiger partial charge in [0.2, 0.25) is 5.78 Å². The third kappa shape index (κ3) is 1.37. The summed E-state index contributed by atoms with van der Waals surface area (Å²) < 4.78 is 5.35. The third-order valence-electron chi connectivity index (χ3n) is 2.47. The van der Waals surface area contributed by atoms with Crippen LogP contribution in [0.1, 0.15) is 15.2 Å². The van der Waals surface area contributed by atoms with Crippen molar-refractivity contribution < 1.29 is 9.21 Å². The van der Waals surface area contributed by atoms with Crippen LogP contribution in [0.2, 0.25) is 0 Å². The standard InChI is InChI=1S/C13H8O2S/c14-13(12-6-3-7-16-12)10-8-15-11-5-2-1-4-9(10)11/h1-8H. The first-order valence-corrected chi connectivity index (χ1v) is 5.78. The number of benzene rings is 1. The molecule has 0 amide bonds. The zero-order valence-corrected chi connectivity index (χ0v) is 9.16. The summed E-state index contributed by atoms with van der Waals surface area (Å²) in [5.74, 6) is 0.0277. The van der Waals surface area contributed by atoms with Gasteiger partial charge < -0.3 is 4.42 Å². The van der Waals surface area contributed by atoms with E-state index in [1.165, 1.54) is 17.6 Å². The molecular formula is C13H8O2S. The Balaban J connectivity index is 2.16. The first kappa shape index (κ1) is 9.36. The Kier molecular flexibility index (Phi) is 2.11. The first-order chi connectivity index (χ1) is 7.86. The quantitative estimate of drug-likeness (QED) is 0.626. The molecule has 0 N–H and O–H groups in total. The van der Waals surface area contributed by atoms with Gasteiger partial charge in [0.05, 0.1) is 10.4 Å². The van der Waals surface area contributed by atoms with Crippen molar-refractivity contribution in [1.29, 1.82) is 0 Å². The fourth-order valence-corrected chi connectivity index (χ4v) is 2.37. The van der Waals surface area contributed by atoms with Gasteiger partial charge in [0.25, 0.3) is 0 Å². The first-order valence-electron chi connectivity index (χ1n) is 4.91. The molecule has 0 saturated carbocycles. The normalized spacial score (nSPS) is 10.8. The van der Waals surface area contributed by atoms with Crippen LogP contribution in [0.4, 0.5) is 0 Å². The van der Waals surface area contributed by atoms with E-state index in [0.29, 0.717) is 5.56 Å². The number of thiophene rings is 1. The second kappa shape index (κ2) is 3.61. The van der Waals surface area contributed by atoms with Crippen molar-refractivity contribution in [3.8, 4) is 0 Å². The summed E-state index contributed by atoms with van der Waals surface area (Å²) in [4.78, 5) is 12.9. The van der Waals surface area contributed by atoms with Crippen molar-refractivity contribution in [3.63, 3.8) is 0 Å². The third-order valence-corrected chi connectivity index (χ3v) is 3.34. The van der Waals surface area contributed by atoms with Gasteiger partial charge in [0.1, 0.15) is 11.8 Å². The van der Waals surface area contributed by atoms with Gasteiger partial charge >= 0.3 is 0 Å². The molecule has 0 unspecified atom stereocenters. The average Bonchev–Trinajstić information content (AvgIpc) is 2.98. The van der Waals surface area contributed by atoms with Crippen molar-refractivity contribution >= 4 is 28.1 Å². The van der Waals surface area contributed by atoms with Crippen LogP contribution in [0.5, 0.6) is 0 Å². The Bertz CT molecular complexity index is 635. The molecule has 0 spiro atoms. The lowest BCUT2D eigenvalue weighted by Gasteiger charge is -1.93. The molecule has 0 atom stereocenters. The van der Waals surface area contributed by atoms with Gasteiger partial charge in [-0.15, -0.1) is 11.3 Å². The Morgan fingerprint density at radius 1 is 1.12 bits per heavy atom. The minimum atomic E-state index is 0.0277. The van der Waals surface area contributed by atoms with Gasteiger partial charge in [-0.25, -0.2) is 0 Å². The van der Waals surface area contributed by atoms with Crippen LogP contribution >= 0.6 is 11.3 Å². The van der Waals surface area contributed by atoms with Crippen LogP contribution < -0.4 is 0 Å². The molecular weight excluding hydrogens is 220 g/mol. The number of fused-ring (bicyclic) bond motifs is 1. The van der Waals surface area contributed by atoms with Gasteiger partial charge in [0, 0.05) is 5.39 Å². The molecule has 2 aromatic heterocycles. The van der Waals surface area contributed by atoms with Gasteiger partial charge in [-0.05, 0) is 17.5 Å². The number of carbonyl (C=O) groups excluding carboxylic acids is 1. The maximum Gasteiger partial charge on any atom is 0.206 e. The molecule has 16 heavy (non-hydrogen) atoms. The smallest absolute Gasteiger partial charge is 0.206 e. The van der Waals surface area contributed by atoms with Crippen LogP contribution in [-0.2, 0) is 0 Å². The lowest BCUT2D eigenvalue weighted by atomic mass is 10.1. The minimum absolute atomic E-state index is 0.0277. The van der Waals surface area contributed by atoms with Crippen molar-refractivity contribution in [2.75, 3.05) is 0 Å². The van der Waals surface area contributed by atoms with Crippen LogP contribution in [0.3, 0.4) is 0 Å². The highest BCUT2D eigenvalue weighted by Gasteiger charge is 2.15. The summed E-state index contributed by atoms with van der Waals surface area (Å²) in [6.45, 7) is 0. The monoisotopic (exact) mass is 228 g/mol. The van der Waals surface area contributed by atoms with Crippen molar-refractivity contribution in [3.05, 3.63) is 58.5 Å². The largest absolute Gasteiger partial charge is 0.464 e. The number of para-hydroxylation sites is 1. The number of carbonyl (C=O) groups is 1. The second-order valence-corrected chi connectivity index (χ2v) is 4.40. The lowest BCUT2D eigenvalue weighted by molar-refractivity contribution is 0.104. The summed E-state index contributed by atoms with van der Waals surface area (Å²) in [5, 5.41) is 2.77. The van der Waals surface area contributed by atoms with Crippen LogP contribution in [0, 0.1) is 0 Å². The number of ketones is 1. The van der Waals surface area contributed by atoms with Crippen LogP contribution in [-0.4, -0.2) is 5.78 Å². The number of furan rings is 1. The summed E-state index contributed by atoms with van der Waals surface area (Å²) in [5.41, 5.74) is 1.39. The molecule has 0 aliphatic carbocycles. The van der Waals surface area contributed by atoms with E-state index in [4.69, 9.17) is 4.42 Å². The molecule has 2 heterocycles. The molecule has 3 rings (SSSR count). The number of hydrogen-bond donors (Lipinski definition) is 0. The van der Waals surface area contributed by atoms with E-state index in [0.717, 1.165) is 15.8 Å². The van der Waals surface area contributed by atoms with E-state index in [1.54, 1.807) is 0 Å². The molecule has 2 nitrogen and oxygen atoms in total. The van der Waals surface area contributed by atoms with E-state index in [-0.39, 0.29) is 5.78 Å². The van der Waals surface area contributed by atoms with Gasteiger partial charge in [0.15, 0.2) is 0 Å². The predicted molar refractivity (Wildman–Crippen MR) is 64.0 cm³/mol. The van der Waals surface area contributed by atoms with Gasteiger partial charge in [-0.1, -0.05) is 24.3 Å². The van der Waals surface area contributed by atoms with Crippen LogP contribution in [0.15, 0.2) is 52.5 Å². The molecule has 0 fully saturated rings. The van der Waals surface area contributed by atoms with E-state index in [1.807, 2.05) is 41.8 Å². The van der Waals surface area contributed by atoms with E-state index in [9.17, 15) is 4.79 Å². The zero-order chi connectivity index (χ0) is 11.0. The molecule has 0 bridgehead atoms. The molecule has 0 aliphatic rings. The van der Waals surface area contributed by atoms with Crippen LogP contribution in [0.25, 0.3) is 11.0 Å². The number of hydrogen-bond acceptors (Lipinski definition) is 3. The highest BCUT2D eigenvalue weighted by Crippen LogP contribution is 2.24. The summed E-state index contributed by atoms with van der Waals surface area (Å²) in [6.07, 6.45) is 1.53. The highest BCUT2D eigenvalue weighted by molar-refractivity contribution is 7.12. The van der Waals surface area contributed by atoms with E-state index < -0.39 is 0 Å². The molecule has 0 saturated heterocycles. The fourth-order valence-electron chi connectivity index (χ4n) is 1.69. The average molecular weight is 228 g/mol.